The number of ether oxygens (including phenoxy) is 3. The maximum Gasteiger partial charge on any atom is 0.472 e. The van der Waals surface area contributed by atoms with E-state index in [0.717, 1.165) is 11.6 Å². The number of carbonyl (C=O) groups is 1. The fraction of sp³-hybridized carbons (Fsp3) is 0.824. The number of nitrogens with two attached hydrogens (primary N) is 1. The van der Waals surface area contributed by atoms with E-state index in [-0.39, 0.29) is 0 Å². The van der Waals surface area contributed by atoms with Crippen molar-refractivity contribution in [3.8, 4) is 0 Å². The molecule has 18 nitrogen and oxygen atoms in total. The Hall–Kier alpha value is -0.850. The number of carbonyl (C=O) groups excluding carboxylic acids is 1. The van der Waals surface area contributed by atoms with Gasteiger partial charge < -0.3 is 49.4 Å². The van der Waals surface area contributed by atoms with Gasteiger partial charge in [0, 0.05) is 20.0 Å². The summed E-state index contributed by atoms with van der Waals surface area (Å²) in [7, 11) is -13.1. The van der Waals surface area contributed by atoms with Gasteiger partial charge in [-0.1, -0.05) is 0 Å². The van der Waals surface area contributed by atoms with E-state index in [1.807, 2.05) is 0 Å². The number of methoxy groups -OCH3 is 1. The van der Waals surface area contributed by atoms with E-state index in [1.165, 1.54) is 26.3 Å². The van der Waals surface area contributed by atoms with Gasteiger partial charge in [0.05, 0.1) is 25.5 Å². The molecule has 0 spiro atoms. The van der Waals surface area contributed by atoms with Crippen molar-refractivity contribution < 1.29 is 74.8 Å². The third kappa shape index (κ3) is 8.82. The lowest BCUT2D eigenvalue weighted by Gasteiger charge is -2.33. The summed E-state index contributed by atoms with van der Waals surface area (Å²) in [5.74, 6) is 0. The number of rotatable bonds is 12. The number of nitrogens with one attached hydrogen (secondary N) is 1. The average Bonchev–Trinajstić information content (AvgIpc) is 3.26. The first-order chi connectivity index (χ1) is 17.9. The summed E-state index contributed by atoms with van der Waals surface area (Å²) < 4.78 is 85.9. The lowest BCUT2D eigenvalue weighted by atomic mass is 10.1. The van der Waals surface area contributed by atoms with Crippen molar-refractivity contribution in [3.05, 3.63) is 12.3 Å². The highest BCUT2D eigenvalue weighted by Crippen LogP contribution is 2.50. The van der Waals surface area contributed by atoms with Crippen molar-refractivity contribution in [1.29, 1.82) is 0 Å². The van der Waals surface area contributed by atoms with E-state index < -0.39 is 97.7 Å². The van der Waals surface area contributed by atoms with Gasteiger partial charge in [-0.2, -0.15) is 0 Å². The monoisotopic (exact) mass is 629 g/mol. The Kier molecular flexibility index (Phi) is 10.5. The maximum absolute atomic E-state index is 14.4. The smallest absolute Gasteiger partial charge is 0.374 e. The van der Waals surface area contributed by atoms with Gasteiger partial charge in [-0.15, -0.1) is 0 Å². The Morgan fingerprint density at radius 3 is 2.23 bits per heavy atom. The number of hydrogen-bond donors (Lipinski definition) is 6. The molecule has 0 radical (unpaired) electrons. The molecule has 2 amide bonds. The molecule has 2 saturated heterocycles. The number of phosphoric acid groups is 2. The van der Waals surface area contributed by atoms with Crippen LogP contribution >= 0.6 is 23.2 Å². The standard InChI is InChI=1S/C17H31FN3O15P3/c1-8-12(18)13(35-38(25,26)27)9(33-8)7-32-39(28,29)36-14-10(6-31-37(3,23)24)34-16(15(14)30-2)21-5-4-11(19)20-17(21)22/h4-5,8-16H,6-7,19H2,1-3H3,(H,20,22)(H,23,24)(H,28,29)(H2,25,26,27)/t8-,9+,10+,11?,12+,13?,14?,15-,16+/m0/s1. The van der Waals surface area contributed by atoms with Gasteiger partial charge in [-0.05, 0) is 13.0 Å². The molecule has 226 valence electrons. The van der Waals surface area contributed by atoms with Gasteiger partial charge in [0.25, 0.3) is 0 Å². The average molecular weight is 629 g/mol. The summed E-state index contributed by atoms with van der Waals surface area (Å²) in [5, 5.41) is 2.41. The second-order valence-electron chi connectivity index (χ2n) is 8.81. The second kappa shape index (κ2) is 12.6. The fourth-order valence-electron chi connectivity index (χ4n) is 4.05. The van der Waals surface area contributed by atoms with Crippen LogP contribution in [0.5, 0.6) is 0 Å². The fourth-order valence-corrected chi connectivity index (χ4v) is 6.00. The normalized spacial score (nSPS) is 38.4. The SMILES string of the molecule is CO[C@H]1C(OP(=O)(O)OC[C@H]2O[C@@H](C)[C@@H](F)C2OP(=O)(O)O)[C@@H](COP(C)(=O)O)O[C@H]1N1C=CC(N)NC1=O. The molecular formula is C17H31FN3O15P3. The zero-order valence-corrected chi connectivity index (χ0v) is 23.5. The van der Waals surface area contributed by atoms with Crippen molar-refractivity contribution in [2.75, 3.05) is 27.0 Å². The molecular weight excluding hydrogens is 598 g/mol. The Bertz CT molecular complexity index is 1060. The van der Waals surface area contributed by atoms with Gasteiger partial charge in [0.15, 0.2) is 12.4 Å². The number of amides is 2. The molecule has 5 unspecified atom stereocenters. The van der Waals surface area contributed by atoms with Gasteiger partial charge in [-0.25, -0.2) is 18.3 Å². The van der Waals surface area contributed by atoms with Crippen LogP contribution in [-0.4, -0.2) is 113 Å². The van der Waals surface area contributed by atoms with Crippen molar-refractivity contribution in [2.24, 2.45) is 5.73 Å². The van der Waals surface area contributed by atoms with Gasteiger partial charge in [-0.3, -0.25) is 23.0 Å². The quantitative estimate of drug-likeness (QED) is 0.149. The summed E-state index contributed by atoms with van der Waals surface area (Å²) in [6.45, 7) is 0.608. The van der Waals surface area contributed by atoms with Gasteiger partial charge >= 0.3 is 29.3 Å². The highest BCUT2D eigenvalue weighted by atomic mass is 31.2. The first-order valence-corrected chi connectivity index (χ1v) is 16.3. The van der Waals surface area contributed by atoms with E-state index in [0.29, 0.717) is 0 Å². The number of hydrogen-bond acceptors (Lipinski definition) is 12. The van der Waals surface area contributed by atoms with Crippen LogP contribution in [0.1, 0.15) is 6.92 Å². The predicted octanol–water partition coefficient (Wildman–Crippen LogP) is -0.513. The Balaban J connectivity index is 1.77. The summed E-state index contributed by atoms with van der Waals surface area (Å²) in [4.78, 5) is 51.5. The van der Waals surface area contributed by atoms with Gasteiger partial charge in [0.2, 0.25) is 0 Å². The van der Waals surface area contributed by atoms with Crippen LogP contribution < -0.4 is 11.1 Å². The summed E-state index contributed by atoms with van der Waals surface area (Å²) in [6.07, 6.45) is -10.1. The van der Waals surface area contributed by atoms with Crippen LogP contribution in [0.4, 0.5) is 9.18 Å². The largest absolute Gasteiger partial charge is 0.472 e. The molecule has 0 aromatic carbocycles. The third-order valence-electron chi connectivity index (χ3n) is 5.72. The van der Waals surface area contributed by atoms with E-state index in [2.05, 4.69) is 9.84 Å². The molecule has 22 heteroatoms. The molecule has 3 aliphatic rings. The zero-order valence-electron chi connectivity index (χ0n) is 20.8. The van der Waals surface area contributed by atoms with Crippen molar-refractivity contribution in [2.45, 2.75) is 62.1 Å². The van der Waals surface area contributed by atoms with E-state index in [4.69, 9.17) is 43.3 Å². The molecule has 11 atom stereocenters. The van der Waals surface area contributed by atoms with Crippen LogP contribution in [0.2, 0.25) is 0 Å². The Morgan fingerprint density at radius 1 is 1.05 bits per heavy atom. The Morgan fingerprint density at radius 2 is 1.67 bits per heavy atom. The molecule has 7 N–H and O–H groups in total. The van der Waals surface area contributed by atoms with Crippen molar-refractivity contribution >= 4 is 29.3 Å². The minimum absolute atomic E-state index is 0.644. The van der Waals surface area contributed by atoms with Gasteiger partial charge in [0.1, 0.15) is 30.5 Å². The zero-order chi connectivity index (χ0) is 29.3. The summed E-state index contributed by atoms with van der Waals surface area (Å²) >= 11 is 0. The predicted molar refractivity (Wildman–Crippen MR) is 125 cm³/mol. The van der Waals surface area contributed by atoms with Crippen molar-refractivity contribution in [1.82, 2.24) is 10.2 Å². The molecule has 3 aliphatic heterocycles. The highest BCUT2D eigenvalue weighted by molar-refractivity contribution is 7.51. The van der Waals surface area contributed by atoms with Crippen LogP contribution in [0, 0.1) is 0 Å². The highest BCUT2D eigenvalue weighted by Gasteiger charge is 2.53. The molecule has 2 fully saturated rings. The molecule has 0 aromatic heterocycles. The second-order valence-corrected chi connectivity index (χ2v) is 13.3. The van der Waals surface area contributed by atoms with Crippen LogP contribution in [0.15, 0.2) is 12.3 Å². The Labute approximate surface area is 221 Å². The molecule has 3 rings (SSSR count). The van der Waals surface area contributed by atoms with Crippen LogP contribution in [0.25, 0.3) is 0 Å². The first-order valence-electron chi connectivity index (χ1n) is 11.3. The van der Waals surface area contributed by atoms with E-state index in [1.54, 1.807) is 0 Å². The number of urea groups is 1. The number of nitrogens with zero attached hydrogens (tertiary/aromatic N) is 1. The first kappa shape index (κ1) is 32.7. The molecule has 0 aliphatic carbocycles. The van der Waals surface area contributed by atoms with E-state index >= 15 is 0 Å². The molecule has 3 heterocycles. The van der Waals surface area contributed by atoms with Crippen molar-refractivity contribution in [3.63, 3.8) is 0 Å². The molecule has 0 bridgehead atoms. The minimum atomic E-state index is -5.16. The molecule has 0 saturated carbocycles. The summed E-state index contributed by atoms with van der Waals surface area (Å²) in [5.41, 5.74) is 5.64. The number of alkyl halides is 1. The molecule has 0 aromatic rings. The van der Waals surface area contributed by atoms with Crippen LogP contribution in [-0.2, 0) is 46.0 Å². The van der Waals surface area contributed by atoms with Crippen LogP contribution in [0.3, 0.4) is 0 Å². The maximum atomic E-state index is 14.4. The number of halogens is 1. The lowest BCUT2D eigenvalue weighted by Crippen LogP contribution is -2.55. The summed E-state index contributed by atoms with van der Waals surface area (Å²) in [6, 6.07) is -0.714. The lowest BCUT2D eigenvalue weighted by molar-refractivity contribution is -0.0721. The topological polar surface area (TPSA) is 255 Å². The third-order valence-corrected chi connectivity index (χ3v) is 7.85. The number of phosphoric ester groups is 2. The minimum Gasteiger partial charge on any atom is -0.374 e. The molecule has 39 heavy (non-hydrogen) atoms. The van der Waals surface area contributed by atoms with E-state index in [9.17, 15) is 32.7 Å².